The Morgan fingerprint density at radius 2 is 1.52 bits per heavy atom. The second-order valence-electron chi connectivity index (χ2n) is 6.24. The summed E-state index contributed by atoms with van der Waals surface area (Å²) in [6.07, 6.45) is 21.5. The van der Waals surface area contributed by atoms with Crippen LogP contribution in [0.1, 0.15) is 51.4 Å². The van der Waals surface area contributed by atoms with Crippen LogP contribution < -0.4 is 5.32 Å². The fourth-order valence-electron chi connectivity index (χ4n) is 2.79. The molecule has 1 heterocycles. The minimum atomic E-state index is -0.406. The predicted molar refractivity (Wildman–Crippen MR) is 98.7 cm³/mol. The first-order valence-corrected chi connectivity index (χ1v) is 8.97. The Balaban J connectivity index is 2.05. The number of ketones is 2. The van der Waals surface area contributed by atoms with Crippen LogP contribution in [0.3, 0.4) is 0 Å². The molecule has 0 aromatic carbocycles. The van der Waals surface area contributed by atoms with Gasteiger partial charge in [0.25, 0.3) is 0 Å². The first-order valence-electron chi connectivity index (χ1n) is 8.97. The topological polar surface area (TPSA) is 63.2 Å². The molecule has 2 rings (SSSR count). The van der Waals surface area contributed by atoms with Gasteiger partial charge in [-0.3, -0.25) is 14.4 Å². The number of Topliss-reactive ketones (excluding diaryl/α,β-unsaturated/α-hetero) is 1. The third kappa shape index (κ3) is 6.87. The molecule has 4 heteroatoms. The fourth-order valence-corrected chi connectivity index (χ4v) is 2.79. The molecule has 0 aromatic heterocycles. The molecule has 0 unspecified atom stereocenters. The van der Waals surface area contributed by atoms with Gasteiger partial charge in [-0.25, -0.2) is 0 Å². The van der Waals surface area contributed by atoms with E-state index in [0.29, 0.717) is 12.0 Å². The summed E-state index contributed by atoms with van der Waals surface area (Å²) in [6, 6.07) is 0. The minimum absolute atomic E-state index is 0.0724. The van der Waals surface area contributed by atoms with Crippen molar-refractivity contribution in [2.45, 2.75) is 51.4 Å². The Kier molecular flexibility index (Phi) is 7.83. The van der Waals surface area contributed by atoms with Gasteiger partial charge in [-0.1, -0.05) is 43.2 Å². The fraction of sp³-hybridized carbons (Fsp3) is 0.381. The number of fused-ring (bicyclic) bond motifs is 2. The maximum Gasteiger partial charge on any atom is 0.248 e. The highest BCUT2D eigenvalue weighted by atomic mass is 16.2. The summed E-state index contributed by atoms with van der Waals surface area (Å²) >= 11 is 0. The van der Waals surface area contributed by atoms with Crippen LogP contribution in [0, 0.1) is 0 Å². The van der Waals surface area contributed by atoms with Gasteiger partial charge in [0.15, 0.2) is 5.78 Å². The zero-order valence-electron chi connectivity index (χ0n) is 14.5. The van der Waals surface area contributed by atoms with Gasteiger partial charge in [-0.15, -0.1) is 0 Å². The van der Waals surface area contributed by atoms with Gasteiger partial charge < -0.3 is 5.32 Å². The molecule has 0 atom stereocenters. The Hall–Kier alpha value is -2.49. The molecular weight excluding hydrogens is 314 g/mol. The van der Waals surface area contributed by atoms with Crippen LogP contribution in [0.2, 0.25) is 0 Å². The minimum Gasteiger partial charge on any atom is -0.319 e. The van der Waals surface area contributed by atoms with Crippen molar-refractivity contribution in [2.75, 3.05) is 0 Å². The Morgan fingerprint density at radius 1 is 0.760 bits per heavy atom. The second kappa shape index (κ2) is 10.4. The molecule has 1 N–H and O–H groups in total. The molecule has 2 bridgehead atoms. The van der Waals surface area contributed by atoms with E-state index in [1.54, 1.807) is 6.08 Å². The summed E-state index contributed by atoms with van der Waals surface area (Å²) in [5.41, 5.74) is 0.563. The number of rotatable bonds is 0. The number of carbonyl (C=O) groups excluding carboxylic acids is 3. The molecule has 4 nitrogen and oxygen atoms in total. The van der Waals surface area contributed by atoms with Crippen molar-refractivity contribution in [3.63, 3.8) is 0 Å². The number of hydrogen-bond acceptors (Lipinski definition) is 3. The number of carbonyl (C=O) groups is 3. The van der Waals surface area contributed by atoms with Crippen molar-refractivity contribution in [3.8, 4) is 0 Å². The standard InChI is InChI=1S/C21H25NO3/c23-18-15-17-13-11-9-7-5-3-1-2-4-6-8-10-12-14-20(24)22-19(16-18)21(17)25/h1-2,8,10,12,14-16H,3-7,9,11,13H2,(H,22,24)/b2-1+,10-8+,14-12+. The lowest BCUT2D eigenvalue weighted by Gasteiger charge is -2.13. The third-order valence-corrected chi connectivity index (χ3v) is 4.13. The van der Waals surface area contributed by atoms with Crippen LogP contribution in [0.15, 0.2) is 59.9 Å². The maximum atomic E-state index is 12.4. The zero-order valence-corrected chi connectivity index (χ0v) is 14.5. The molecule has 0 saturated carbocycles. The van der Waals surface area contributed by atoms with E-state index in [1.807, 2.05) is 12.2 Å². The van der Waals surface area contributed by atoms with Gasteiger partial charge in [-0.05, 0) is 44.6 Å². The van der Waals surface area contributed by atoms with Gasteiger partial charge in [-0.2, -0.15) is 0 Å². The van der Waals surface area contributed by atoms with Gasteiger partial charge >= 0.3 is 0 Å². The monoisotopic (exact) mass is 339 g/mol. The van der Waals surface area contributed by atoms with Crippen molar-refractivity contribution in [3.05, 3.63) is 59.9 Å². The maximum absolute atomic E-state index is 12.4. The molecule has 0 radical (unpaired) electrons. The van der Waals surface area contributed by atoms with Crippen molar-refractivity contribution in [2.24, 2.45) is 0 Å². The molecule has 0 fully saturated rings. The molecule has 1 aliphatic carbocycles. The van der Waals surface area contributed by atoms with Crippen LogP contribution >= 0.6 is 0 Å². The van der Waals surface area contributed by atoms with Gasteiger partial charge in [0.2, 0.25) is 11.7 Å². The molecular formula is C21H25NO3. The van der Waals surface area contributed by atoms with Crippen molar-refractivity contribution in [1.29, 1.82) is 0 Å². The van der Waals surface area contributed by atoms with E-state index < -0.39 is 5.91 Å². The van der Waals surface area contributed by atoms with Crippen LogP contribution in [0.25, 0.3) is 0 Å². The van der Waals surface area contributed by atoms with E-state index in [4.69, 9.17) is 0 Å². The number of hydrogen-bond donors (Lipinski definition) is 1. The van der Waals surface area contributed by atoms with Crippen LogP contribution in [0.4, 0.5) is 0 Å². The number of allylic oxidation sites excluding steroid dienone is 8. The summed E-state index contributed by atoms with van der Waals surface area (Å²) in [6.45, 7) is 0. The Labute approximate surface area is 149 Å². The highest BCUT2D eigenvalue weighted by Crippen LogP contribution is 2.18. The smallest absolute Gasteiger partial charge is 0.248 e. The van der Waals surface area contributed by atoms with Crippen molar-refractivity contribution >= 4 is 17.5 Å². The van der Waals surface area contributed by atoms with Crippen LogP contribution in [-0.2, 0) is 14.4 Å². The summed E-state index contributed by atoms with van der Waals surface area (Å²) in [7, 11) is 0. The van der Waals surface area contributed by atoms with Crippen LogP contribution in [0.5, 0.6) is 0 Å². The number of nitrogens with one attached hydrogen (secondary N) is 1. The molecule has 0 saturated heterocycles. The van der Waals surface area contributed by atoms with Gasteiger partial charge in [0, 0.05) is 17.7 Å². The summed E-state index contributed by atoms with van der Waals surface area (Å²) in [5.74, 6) is -0.904. The third-order valence-electron chi connectivity index (χ3n) is 4.13. The summed E-state index contributed by atoms with van der Waals surface area (Å²) < 4.78 is 0. The predicted octanol–water partition coefficient (Wildman–Crippen LogP) is 3.87. The Bertz CT molecular complexity index is 663. The van der Waals surface area contributed by atoms with Gasteiger partial charge in [0.05, 0.1) is 5.70 Å². The SMILES string of the molecule is O=C1C=C2CCCCCC/C=C/CC/C=C/C=C/C(=O)NC(=C1)C2=O. The average Bonchev–Trinajstić information content (AvgIpc) is 2.58. The summed E-state index contributed by atoms with van der Waals surface area (Å²) in [4.78, 5) is 36.1. The molecule has 2 aliphatic rings. The molecule has 132 valence electrons. The lowest BCUT2D eigenvalue weighted by atomic mass is 9.95. The molecule has 25 heavy (non-hydrogen) atoms. The zero-order chi connectivity index (χ0) is 17.9. The number of amides is 1. The van der Waals surface area contributed by atoms with E-state index in [-0.39, 0.29) is 17.3 Å². The second-order valence-corrected chi connectivity index (χ2v) is 6.24. The molecule has 1 amide bonds. The van der Waals surface area contributed by atoms with E-state index in [0.717, 1.165) is 44.9 Å². The molecule has 0 spiro atoms. The lowest BCUT2D eigenvalue weighted by molar-refractivity contribution is -0.119. The van der Waals surface area contributed by atoms with E-state index in [1.165, 1.54) is 18.2 Å². The van der Waals surface area contributed by atoms with Crippen molar-refractivity contribution in [1.82, 2.24) is 5.32 Å². The molecule has 0 aromatic rings. The first kappa shape index (κ1) is 18.8. The normalized spacial score (nSPS) is 24.7. The van der Waals surface area contributed by atoms with E-state index >= 15 is 0 Å². The average molecular weight is 339 g/mol. The quantitative estimate of drug-likeness (QED) is 0.538. The summed E-state index contributed by atoms with van der Waals surface area (Å²) in [5, 5.41) is 2.52. The first-order chi connectivity index (χ1) is 12.2. The lowest BCUT2D eigenvalue weighted by Crippen LogP contribution is -2.29. The Morgan fingerprint density at radius 3 is 2.40 bits per heavy atom. The van der Waals surface area contributed by atoms with Crippen LogP contribution in [-0.4, -0.2) is 17.5 Å². The highest BCUT2D eigenvalue weighted by Gasteiger charge is 2.22. The largest absolute Gasteiger partial charge is 0.319 e. The molecule has 1 aliphatic heterocycles. The van der Waals surface area contributed by atoms with E-state index in [9.17, 15) is 14.4 Å². The highest BCUT2D eigenvalue weighted by molar-refractivity contribution is 6.21. The van der Waals surface area contributed by atoms with E-state index in [2.05, 4.69) is 17.5 Å². The van der Waals surface area contributed by atoms with Gasteiger partial charge in [0.1, 0.15) is 0 Å². The van der Waals surface area contributed by atoms with Crippen molar-refractivity contribution < 1.29 is 14.4 Å².